The van der Waals surface area contributed by atoms with Gasteiger partial charge < -0.3 is 9.88 Å². The van der Waals surface area contributed by atoms with Crippen LogP contribution in [0.25, 0.3) is 10.9 Å². The summed E-state index contributed by atoms with van der Waals surface area (Å²) in [6, 6.07) is 16.5. The van der Waals surface area contributed by atoms with Gasteiger partial charge in [0.1, 0.15) is 0 Å². The molecule has 1 aromatic heterocycles. The third-order valence-corrected chi connectivity index (χ3v) is 3.48. The lowest BCUT2D eigenvalue weighted by molar-refractivity contribution is -0.114. The Morgan fingerprint density at radius 1 is 0.952 bits per heavy atom. The smallest absolute Gasteiger partial charge is 0.299 e. The normalized spacial score (nSPS) is 10.5. The first-order chi connectivity index (χ1) is 10.2. The standard InChI is InChI=1S/C17H14N2O2/c1-19(12-7-3-2-4-8-12)17(21)16(20)14-11-18-15-10-6-5-9-13(14)15/h2-11,18H,1H3. The average molecular weight is 278 g/mol. The molecule has 0 spiro atoms. The number of Topliss-reactive ketones (excluding diaryl/α,β-unsaturated/α-hetero) is 1. The SMILES string of the molecule is CN(C(=O)C(=O)c1c[nH]c2ccccc12)c1ccccc1. The van der Waals surface area contributed by atoms with Crippen LogP contribution in [0, 0.1) is 0 Å². The van der Waals surface area contributed by atoms with Gasteiger partial charge in [-0.15, -0.1) is 0 Å². The zero-order chi connectivity index (χ0) is 14.8. The van der Waals surface area contributed by atoms with E-state index in [1.54, 1.807) is 25.4 Å². The number of ketones is 1. The molecule has 0 bridgehead atoms. The maximum absolute atomic E-state index is 12.4. The molecule has 0 atom stereocenters. The highest BCUT2D eigenvalue weighted by Gasteiger charge is 2.23. The Balaban J connectivity index is 1.93. The summed E-state index contributed by atoms with van der Waals surface area (Å²) >= 11 is 0. The number of nitrogens with zero attached hydrogens (tertiary/aromatic N) is 1. The van der Waals surface area contributed by atoms with Crippen LogP contribution in [0.1, 0.15) is 10.4 Å². The van der Waals surface area contributed by atoms with Crippen molar-refractivity contribution in [1.82, 2.24) is 4.98 Å². The Morgan fingerprint density at radius 3 is 2.38 bits per heavy atom. The van der Waals surface area contributed by atoms with E-state index in [0.717, 1.165) is 10.9 Å². The number of aromatic nitrogens is 1. The Morgan fingerprint density at radius 2 is 1.62 bits per heavy atom. The van der Waals surface area contributed by atoms with E-state index in [2.05, 4.69) is 4.98 Å². The molecule has 3 rings (SSSR count). The maximum atomic E-state index is 12.4. The fourth-order valence-electron chi connectivity index (χ4n) is 2.30. The van der Waals surface area contributed by atoms with Crippen molar-refractivity contribution in [3.63, 3.8) is 0 Å². The molecule has 0 fully saturated rings. The van der Waals surface area contributed by atoms with E-state index in [-0.39, 0.29) is 0 Å². The second-order valence-corrected chi connectivity index (χ2v) is 4.78. The summed E-state index contributed by atoms with van der Waals surface area (Å²) in [5.41, 5.74) is 1.94. The van der Waals surface area contributed by atoms with Crippen LogP contribution in [0.5, 0.6) is 0 Å². The van der Waals surface area contributed by atoms with Crippen molar-refractivity contribution >= 4 is 28.3 Å². The summed E-state index contributed by atoms with van der Waals surface area (Å²) in [7, 11) is 1.60. The number of para-hydroxylation sites is 2. The molecule has 4 heteroatoms. The van der Waals surface area contributed by atoms with Gasteiger partial charge in [-0.1, -0.05) is 36.4 Å². The van der Waals surface area contributed by atoms with Crippen molar-refractivity contribution in [3.05, 3.63) is 66.4 Å². The quantitative estimate of drug-likeness (QED) is 0.591. The molecular formula is C17H14N2O2. The molecule has 0 aliphatic rings. The fourth-order valence-corrected chi connectivity index (χ4v) is 2.30. The predicted octanol–water partition coefficient (Wildman–Crippen LogP) is 3.01. The number of hydrogen-bond acceptors (Lipinski definition) is 2. The van der Waals surface area contributed by atoms with Gasteiger partial charge in [0.2, 0.25) is 0 Å². The number of fused-ring (bicyclic) bond motifs is 1. The van der Waals surface area contributed by atoms with Gasteiger partial charge in [-0.2, -0.15) is 0 Å². The number of amides is 1. The van der Waals surface area contributed by atoms with Crippen molar-refractivity contribution in [2.45, 2.75) is 0 Å². The summed E-state index contributed by atoms with van der Waals surface area (Å²) < 4.78 is 0. The number of H-pyrrole nitrogens is 1. The van der Waals surface area contributed by atoms with Crippen molar-refractivity contribution in [1.29, 1.82) is 0 Å². The van der Waals surface area contributed by atoms with Crippen molar-refractivity contribution in [2.24, 2.45) is 0 Å². The maximum Gasteiger partial charge on any atom is 0.299 e. The Hall–Kier alpha value is -2.88. The van der Waals surface area contributed by atoms with Crippen LogP contribution in [0.15, 0.2) is 60.8 Å². The van der Waals surface area contributed by atoms with E-state index < -0.39 is 11.7 Å². The van der Waals surface area contributed by atoms with Crippen molar-refractivity contribution in [2.75, 3.05) is 11.9 Å². The molecule has 4 nitrogen and oxygen atoms in total. The monoisotopic (exact) mass is 278 g/mol. The summed E-state index contributed by atoms with van der Waals surface area (Å²) in [4.78, 5) is 29.1. The number of carbonyl (C=O) groups is 2. The van der Waals surface area contributed by atoms with E-state index in [9.17, 15) is 9.59 Å². The van der Waals surface area contributed by atoms with Gasteiger partial charge in [-0.25, -0.2) is 0 Å². The molecule has 0 radical (unpaired) electrons. The third-order valence-electron chi connectivity index (χ3n) is 3.48. The number of rotatable bonds is 3. The highest BCUT2D eigenvalue weighted by atomic mass is 16.2. The zero-order valence-electron chi connectivity index (χ0n) is 11.5. The number of benzene rings is 2. The molecule has 0 unspecified atom stereocenters. The molecule has 0 aliphatic carbocycles. The van der Waals surface area contributed by atoms with E-state index >= 15 is 0 Å². The molecule has 3 aromatic rings. The first-order valence-electron chi connectivity index (χ1n) is 6.62. The largest absolute Gasteiger partial charge is 0.360 e. The Labute approximate surface area is 122 Å². The fraction of sp³-hybridized carbons (Fsp3) is 0.0588. The highest BCUT2D eigenvalue weighted by Crippen LogP contribution is 2.20. The third kappa shape index (κ3) is 2.31. The molecular weight excluding hydrogens is 264 g/mol. The molecule has 0 aliphatic heterocycles. The topological polar surface area (TPSA) is 53.2 Å². The Bertz CT molecular complexity index is 806. The van der Waals surface area contributed by atoms with Crippen LogP contribution < -0.4 is 4.90 Å². The van der Waals surface area contributed by atoms with Gasteiger partial charge in [0.15, 0.2) is 0 Å². The van der Waals surface area contributed by atoms with Gasteiger partial charge in [0.25, 0.3) is 11.7 Å². The molecule has 0 saturated heterocycles. The van der Waals surface area contributed by atoms with Gasteiger partial charge in [0, 0.05) is 29.8 Å². The first-order valence-corrected chi connectivity index (χ1v) is 6.62. The van der Waals surface area contributed by atoms with Crippen LogP contribution in [-0.4, -0.2) is 23.7 Å². The van der Waals surface area contributed by atoms with Gasteiger partial charge >= 0.3 is 0 Å². The number of carbonyl (C=O) groups excluding carboxylic acids is 2. The lowest BCUT2D eigenvalue weighted by atomic mass is 10.1. The summed E-state index contributed by atoms with van der Waals surface area (Å²) in [5.74, 6) is -1.07. The molecule has 104 valence electrons. The number of nitrogens with one attached hydrogen (secondary N) is 1. The lowest BCUT2D eigenvalue weighted by Gasteiger charge is -2.15. The Kier molecular flexibility index (Phi) is 3.28. The zero-order valence-corrected chi connectivity index (χ0v) is 11.5. The van der Waals surface area contributed by atoms with E-state index in [0.29, 0.717) is 11.3 Å². The summed E-state index contributed by atoms with van der Waals surface area (Å²) in [5, 5.41) is 0.761. The van der Waals surface area contributed by atoms with Crippen molar-refractivity contribution in [3.8, 4) is 0 Å². The minimum Gasteiger partial charge on any atom is -0.360 e. The molecule has 1 amide bonds. The minimum atomic E-state index is -0.550. The van der Waals surface area contributed by atoms with Gasteiger partial charge in [-0.3, -0.25) is 9.59 Å². The molecule has 2 aromatic carbocycles. The molecule has 0 saturated carbocycles. The van der Waals surface area contributed by atoms with Crippen LogP contribution in [0.4, 0.5) is 5.69 Å². The van der Waals surface area contributed by atoms with Crippen LogP contribution in [0.2, 0.25) is 0 Å². The van der Waals surface area contributed by atoms with Crippen molar-refractivity contribution < 1.29 is 9.59 Å². The lowest BCUT2D eigenvalue weighted by Crippen LogP contribution is -2.33. The van der Waals surface area contributed by atoms with E-state index in [4.69, 9.17) is 0 Å². The molecule has 1 heterocycles. The minimum absolute atomic E-state index is 0.401. The van der Waals surface area contributed by atoms with E-state index in [1.165, 1.54) is 4.90 Å². The summed E-state index contributed by atoms with van der Waals surface area (Å²) in [6.07, 6.45) is 1.59. The molecule has 21 heavy (non-hydrogen) atoms. The average Bonchev–Trinajstić information content (AvgIpc) is 2.97. The van der Waals surface area contributed by atoms with Crippen LogP contribution in [-0.2, 0) is 4.79 Å². The van der Waals surface area contributed by atoms with Crippen LogP contribution >= 0.6 is 0 Å². The number of likely N-dealkylation sites (N-methyl/N-ethyl adjacent to an activating group) is 1. The van der Waals surface area contributed by atoms with Gasteiger partial charge in [0.05, 0.1) is 5.56 Å². The van der Waals surface area contributed by atoms with Gasteiger partial charge in [-0.05, 0) is 18.2 Å². The molecule has 1 N–H and O–H groups in total. The second-order valence-electron chi connectivity index (χ2n) is 4.78. The predicted molar refractivity (Wildman–Crippen MR) is 82.5 cm³/mol. The highest BCUT2D eigenvalue weighted by molar-refractivity contribution is 6.48. The number of hydrogen-bond donors (Lipinski definition) is 1. The summed E-state index contributed by atoms with van der Waals surface area (Å²) in [6.45, 7) is 0. The first kappa shape index (κ1) is 13.1. The second kappa shape index (κ2) is 5.25. The van der Waals surface area contributed by atoms with E-state index in [1.807, 2.05) is 42.5 Å². The number of anilines is 1. The van der Waals surface area contributed by atoms with Crippen LogP contribution in [0.3, 0.4) is 0 Å². The number of aromatic amines is 1.